The molecule has 4 aromatic heterocycles. The molecule has 0 saturated carbocycles. The highest BCUT2D eigenvalue weighted by atomic mass is 32.1. The molecule has 27 heavy (non-hydrogen) atoms. The van der Waals surface area contributed by atoms with Crippen molar-refractivity contribution in [2.45, 2.75) is 12.6 Å². The molecule has 0 spiro atoms. The van der Waals surface area contributed by atoms with Crippen molar-refractivity contribution in [2.24, 2.45) is 0 Å². The van der Waals surface area contributed by atoms with Gasteiger partial charge in [-0.3, -0.25) is 9.80 Å². The van der Waals surface area contributed by atoms with Crippen molar-refractivity contribution in [3.63, 3.8) is 0 Å². The van der Waals surface area contributed by atoms with Crippen molar-refractivity contribution in [1.82, 2.24) is 24.6 Å². The summed E-state index contributed by atoms with van der Waals surface area (Å²) in [7, 11) is 2.17. The molecule has 0 aliphatic carbocycles. The molecule has 1 aliphatic rings. The third-order valence-electron chi connectivity index (χ3n) is 5.33. The Hall–Kier alpha value is -2.48. The van der Waals surface area contributed by atoms with Crippen molar-refractivity contribution in [3.8, 4) is 11.1 Å². The Morgan fingerprint density at radius 1 is 1.19 bits per heavy atom. The van der Waals surface area contributed by atoms with Gasteiger partial charge in [0, 0.05) is 43.5 Å². The van der Waals surface area contributed by atoms with E-state index in [1.54, 1.807) is 17.6 Å². The molecule has 0 unspecified atom stereocenters. The summed E-state index contributed by atoms with van der Waals surface area (Å²) in [6, 6.07) is 8.70. The van der Waals surface area contributed by atoms with Crippen molar-refractivity contribution < 1.29 is 4.42 Å². The summed E-state index contributed by atoms with van der Waals surface area (Å²) in [5.74, 6) is 0. The average Bonchev–Trinajstić information content (AvgIpc) is 3.44. The summed E-state index contributed by atoms with van der Waals surface area (Å²) in [4.78, 5) is 4.84. The predicted molar refractivity (Wildman–Crippen MR) is 106 cm³/mol. The van der Waals surface area contributed by atoms with Crippen molar-refractivity contribution in [3.05, 3.63) is 65.0 Å². The Kier molecular flexibility index (Phi) is 4.27. The van der Waals surface area contributed by atoms with E-state index in [0.29, 0.717) is 0 Å². The first-order chi connectivity index (χ1) is 13.3. The monoisotopic (exact) mass is 379 g/mol. The van der Waals surface area contributed by atoms with Crippen LogP contribution in [0.5, 0.6) is 0 Å². The fourth-order valence-corrected chi connectivity index (χ4v) is 4.43. The predicted octanol–water partition coefficient (Wildman–Crippen LogP) is 3.54. The van der Waals surface area contributed by atoms with Crippen molar-refractivity contribution in [1.29, 1.82) is 0 Å². The quantitative estimate of drug-likeness (QED) is 0.543. The molecule has 1 atom stereocenters. The minimum atomic E-state index is 0.232. The number of fused-ring (bicyclic) bond motifs is 1. The lowest BCUT2D eigenvalue weighted by Crippen LogP contribution is -2.46. The van der Waals surface area contributed by atoms with E-state index >= 15 is 0 Å². The van der Waals surface area contributed by atoms with Gasteiger partial charge in [-0.2, -0.15) is 11.3 Å². The number of furan rings is 1. The zero-order valence-corrected chi connectivity index (χ0v) is 16.0. The second-order valence-corrected chi connectivity index (χ2v) is 7.88. The van der Waals surface area contributed by atoms with Crippen LogP contribution in [0.1, 0.15) is 17.3 Å². The number of aromatic nitrogens is 3. The summed E-state index contributed by atoms with van der Waals surface area (Å²) in [6.45, 7) is 3.89. The van der Waals surface area contributed by atoms with Gasteiger partial charge < -0.3 is 4.42 Å². The van der Waals surface area contributed by atoms with Gasteiger partial charge in [0.1, 0.15) is 5.69 Å². The number of nitrogens with zero attached hydrogens (tertiary/aromatic N) is 5. The number of thiophene rings is 1. The number of pyridine rings is 1. The van der Waals surface area contributed by atoms with Crippen LogP contribution in [0.25, 0.3) is 16.6 Å². The van der Waals surface area contributed by atoms with E-state index < -0.39 is 0 Å². The largest absolute Gasteiger partial charge is 0.472 e. The van der Waals surface area contributed by atoms with E-state index in [-0.39, 0.29) is 6.04 Å². The highest BCUT2D eigenvalue weighted by molar-refractivity contribution is 7.08. The van der Waals surface area contributed by atoms with E-state index in [9.17, 15) is 0 Å². The van der Waals surface area contributed by atoms with Crippen molar-refractivity contribution in [2.75, 3.05) is 26.7 Å². The minimum Gasteiger partial charge on any atom is -0.472 e. The van der Waals surface area contributed by atoms with Gasteiger partial charge in [-0.15, -0.1) is 5.10 Å². The van der Waals surface area contributed by atoms with Gasteiger partial charge >= 0.3 is 0 Å². The van der Waals surface area contributed by atoms with Crippen LogP contribution in [-0.2, 0) is 6.54 Å². The lowest BCUT2D eigenvalue weighted by Gasteiger charge is -2.38. The summed E-state index contributed by atoms with van der Waals surface area (Å²) >= 11 is 1.71. The Labute approximate surface area is 161 Å². The van der Waals surface area contributed by atoms with Gasteiger partial charge in [0.2, 0.25) is 0 Å². The van der Waals surface area contributed by atoms with Crippen LogP contribution in [0.3, 0.4) is 0 Å². The van der Waals surface area contributed by atoms with Crippen LogP contribution in [0.2, 0.25) is 0 Å². The second-order valence-electron chi connectivity index (χ2n) is 7.10. The molecule has 6 nitrogen and oxygen atoms in total. The van der Waals surface area contributed by atoms with E-state index in [0.717, 1.165) is 37.4 Å². The molecule has 138 valence electrons. The van der Waals surface area contributed by atoms with Gasteiger partial charge in [-0.05, 0) is 41.6 Å². The highest BCUT2D eigenvalue weighted by Crippen LogP contribution is 2.28. The molecular formula is C20H21N5OS. The number of hydrogen-bond donors (Lipinski definition) is 0. The maximum atomic E-state index is 5.21. The zero-order valence-electron chi connectivity index (χ0n) is 15.2. The Morgan fingerprint density at radius 2 is 2.15 bits per heavy atom. The molecule has 1 aliphatic heterocycles. The van der Waals surface area contributed by atoms with Gasteiger partial charge in [0.05, 0.1) is 24.1 Å². The van der Waals surface area contributed by atoms with Crippen LogP contribution < -0.4 is 0 Å². The third kappa shape index (κ3) is 3.18. The summed E-state index contributed by atoms with van der Waals surface area (Å²) in [5.41, 5.74) is 5.73. The maximum absolute atomic E-state index is 5.21. The number of hydrogen-bond acceptors (Lipinski definition) is 6. The SMILES string of the molecule is CN1CCN(Cc2ccoc2)C[C@@H]1c1nnn2cc(-c3ccsc3)ccc12. The molecule has 1 saturated heterocycles. The van der Waals surface area contributed by atoms with Crippen LogP contribution >= 0.6 is 11.3 Å². The van der Waals surface area contributed by atoms with E-state index in [1.165, 1.54) is 16.7 Å². The van der Waals surface area contributed by atoms with Crippen LogP contribution in [0.15, 0.2) is 58.2 Å². The summed E-state index contributed by atoms with van der Waals surface area (Å²) < 4.78 is 7.12. The van der Waals surface area contributed by atoms with Crippen LogP contribution in [0.4, 0.5) is 0 Å². The van der Waals surface area contributed by atoms with E-state index in [2.05, 4.69) is 62.3 Å². The van der Waals surface area contributed by atoms with Crippen molar-refractivity contribution >= 4 is 16.9 Å². The lowest BCUT2D eigenvalue weighted by atomic mass is 10.1. The molecule has 1 fully saturated rings. The van der Waals surface area contributed by atoms with Gasteiger partial charge in [-0.1, -0.05) is 11.3 Å². The molecule has 0 N–H and O–H groups in total. The van der Waals surface area contributed by atoms with E-state index in [1.807, 2.05) is 16.8 Å². The molecule has 0 amide bonds. The Morgan fingerprint density at radius 3 is 2.96 bits per heavy atom. The standard InChI is InChI=1S/C20H21N5OS/c1-23-6-7-24(10-15-4-8-26-13-15)12-19(23)20-18-3-2-16(11-25(18)22-21-20)17-5-9-27-14-17/h2-5,8-9,11,13-14,19H,6-7,10,12H2,1H3/t19-/m1/s1. The van der Waals surface area contributed by atoms with Crippen LogP contribution in [-0.4, -0.2) is 51.3 Å². The summed E-state index contributed by atoms with van der Waals surface area (Å²) in [6.07, 6.45) is 5.63. The van der Waals surface area contributed by atoms with Gasteiger partial charge in [0.25, 0.3) is 0 Å². The van der Waals surface area contributed by atoms with E-state index in [4.69, 9.17) is 4.42 Å². The summed E-state index contributed by atoms with van der Waals surface area (Å²) in [5, 5.41) is 13.2. The fraction of sp³-hybridized carbons (Fsp3) is 0.300. The lowest BCUT2D eigenvalue weighted by molar-refractivity contribution is 0.0888. The molecule has 0 aromatic carbocycles. The molecular weight excluding hydrogens is 358 g/mol. The van der Waals surface area contributed by atoms with Gasteiger partial charge in [-0.25, -0.2) is 4.52 Å². The normalized spacial score (nSPS) is 19.1. The number of rotatable bonds is 4. The molecule has 7 heteroatoms. The molecule has 0 bridgehead atoms. The Balaban J connectivity index is 1.43. The maximum Gasteiger partial charge on any atom is 0.109 e. The molecule has 5 heterocycles. The fourth-order valence-electron chi connectivity index (χ4n) is 3.76. The van der Waals surface area contributed by atoms with Crippen LogP contribution in [0, 0.1) is 0 Å². The molecule has 0 radical (unpaired) electrons. The highest BCUT2D eigenvalue weighted by Gasteiger charge is 2.29. The number of piperazine rings is 1. The average molecular weight is 379 g/mol. The third-order valence-corrected chi connectivity index (χ3v) is 6.01. The van der Waals surface area contributed by atoms with Gasteiger partial charge in [0.15, 0.2) is 0 Å². The second kappa shape index (κ2) is 6.92. The first-order valence-electron chi connectivity index (χ1n) is 9.09. The molecule has 5 rings (SSSR count). The minimum absolute atomic E-state index is 0.232. The number of likely N-dealkylation sites (N-methyl/N-ethyl adjacent to an activating group) is 1. The first kappa shape index (κ1) is 16.7. The molecule has 4 aromatic rings. The smallest absolute Gasteiger partial charge is 0.109 e. The Bertz CT molecular complexity index is 1020. The zero-order chi connectivity index (χ0) is 18.2. The topological polar surface area (TPSA) is 49.8 Å². The first-order valence-corrected chi connectivity index (χ1v) is 10.0.